The lowest BCUT2D eigenvalue weighted by Gasteiger charge is -2.30. The molecule has 0 aliphatic heterocycles. The summed E-state index contributed by atoms with van der Waals surface area (Å²) in [6.45, 7) is 1.86. The Labute approximate surface area is 119 Å². The monoisotopic (exact) mass is 292 g/mol. The van der Waals surface area contributed by atoms with Gasteiger partial charge in [-0.2, -0.15) is 0 Å². The highest BCUT2D eigenvalue weighted by molar-refractivity contribution is 8.00. The van der Waals surface area contributed by atoms with Gasteiger partial charge in [0.2, 0.25) is 0 Å². The molecule has 0 saturated heterocycles. The first-order valence-corrected chi connectivity index (χ1v) is 7.11. The van der Waals surface area contributed by atoms with E-state index in [0.717, 1.165) is 13.1 Å². The van der Waals surface area contributed by atoms with Crippen molar-refractivity contribution in [2.24, 2.45) is 11.8 Å². The summed E-state index contributed by atoms with van der Waals surface area (Å²) < 4.78 is 0.973. The maximum Gasteiger partial charge on any atom is 0.0160 e. The van der Waals surface area contributed by atoms with Crippen LogP contribution in [0.5, 0.6) is 0 Å². The molecule has 2 N–H and O–H groups in total. The maximum absolute atomic E-state index is 4.83. The van der Waals surface area contributed by atoms with Crippen molar-refractivity contribution in [2.45, 2.75) is 25.7 Å². The van der Waals surface area contributed by atoms with Crippen LogP contribution in [0.4, 0.5) is 0 Å². The lowest BCUT2D eigenvalue weighted by molar-refractivity contribution is 0.275. The summed E-state index contributed by atoms with van der Waals surface area (Å²) in [6.07, 6.45) is 4.95. The average Bonchev–Trinajstić information content (AvgIpc) is 2.25. The molecule has 0 aromatic heterocycles. The summed E-state index contributed by atoms with van der Waals surface area (Å²) in [4.78, 5) is 0. The van der Waals surface area contributed by atoms with Crippen LogP contribution in [0.25, 0.3) is 0 Å². The molecule has 2 nitrogen and oxygen atoms in total. The lowest BCUT2D eigenvalue weighted by Crippen LogP contribution is -2.32. The number of hydrogen-bond donors (Lipinski definition) is 2. The van der Waals surface area contributed by atoms with Crippen molar-refractivity contribution in [3.05, 3.63) is 0 Å². The molecule has 0 unspecified atom stereocenters. The molecule has 1 aliphatic rings. The number of nitrogens with one attached hydrogen (secondary N) is 2. The Morgan fingerprint density at radius 1 is 0.875 bits per heavy atom. The summed E-state index contributed by atoms with van der Waals surface area (Å²) in [5.41, 5.74) is 0. The van der Waals surface area contributed by atoms with Crippen molar-refractivity contribution >= 4 is 58.3 Å². The van der Waals surface area contributed by atoms with Crippen molar-refractivity contribution in [1.82, 2.24) is 10.6 Å². The predicted molar refractivity (Wildman–Crippen MR) is 81.4 cm³/mol. The highest BCUT2D eigenvalue weighted by Gasteiger charge is 2.20. The summed E-state index contributed by atoms with van der Waals surface area (Å²) in [5, 5.41) is 6.15. The molecule has 0 atom stereocenters. The van der Waals surface area contributed by atoms with Crippen molar-refractivity contribution < 1.29 is 0 Å². The quantitative estimate of drug-likeness (QED) is 0.603. The molecular formula is C10H16N2S4-2. The lowest BCUT2D eigenvalue weighted by atomic mass is 9.82. The minimum Gasteiger partial charge on any atom is -0.412 e. The van der Waals surface area contributed by atoms with Gasteiger partial charge in [-0.3, -0.25) is 0 Å². The van der Waals surface area contributed by atoms with Gasteiger partial charge in [-0.05, 0) is 37.5 Å². The third-order valence-corrected chi connectivity index (χ3v) is 3.61. The van der Waals surface area contributed by atoms with Crippen LogP contribution in [0, 0.1) is 11.8 Å². The van der Waals surface area contributed by atoms with Gasteiger partial charge in [-0.15, -0.1) is 0 Å². The van der Waals surface area contributed by atoms with Gasteiger partial charge < -0.3 is 60.3 Å². The van der Waals surface area contributed by atoms with Crippen LogP contribution in [-0.2, 0) is 25.3 Å². The standard InChI is InChI=1S/C10H18N2S4/c13-9(14)11-5-7-1-2-8(4-3-7)6-12-10(15)16/h7-8H,1-6H2,(H2,11,13,14)(H2,12,15,16)/p-2. The summed E-state index contributed by atoms with van der Waals surface area (Å²) in [6, 6.07) is 0. The Kier molecular flexibility index (Phi) is 6.72. The minimum atomic E-state index is 0.486. The summed E-state index contributed by atoms with van der Waals surface area (Å²) in [5.74, 6) is 1.43. The average molecular weight is 293 g/mol. The van der Waals surface area contributed by atoms with Gasteiger partial charge in [0.25, 0.3) is 0 Å². The van der Waals surface area contributed by atoms with Crippen LogP contribution in [0.3, 0.4) is 0 Å². The van der Waals surface area contributed by atoms with Gasteiger partial charge in [0.1, 0.15) is 0 Å². The molecule has 0 bridgehead atoms. The molecule has 0 heterocycles. The number of thiocarbonyl (C=S) groups is 2. The van der Waals surface area contributed by atoms with E-state index in [4.69, 9.17) is 49.7 Å². The Balaban J connectivity index is 2.13. The van der Waals surface area contributed by atoms with Crippen LogP contribution in [0.15, 0.2) is 0 Å². The van der Waals surface area contributed by atoms with E-state index in [2.05, 4.69) is 10.6 Å². The Bertz CT molecular complexity index is 223. The Morgan fingerprint density at radius 2 is 1.19 bits per heavy atom. The Hall–Kier alpha value is 0.220. The fourth-order valence-electron chi connectivity index (χ4n) is 2.10. The van der Waals surface area contributed by atoms with Crippen molar-refractivity contribution in [3.8, 4) is 0 Å². The second kappa shape index (κ2) is 7.53. The van der Waals surface area contributed by atoms with E-state index in [9.17, 15) is 0 Å². The van der Waals surface area contributed by atoms with Crippen LogP contribution in [0.2, 0.25) is 0 Å². The molecule has 1 saturated carbocycles. The summed E-state index contributed by atoms with van der Waals surface area (Å²) >= 11 is 19.3. The number of rotatable bonds is 4. The largest absolute Gasteiger partial charge is 0.412 e. The molecular weight excluding hydrogens is 276 g/mol. The van der Waals surface area contributed by atoms with E-state index >= 15 is 0 Å². The third-order valence-electron chi connectivity index (χ3n) is 3.04. The zero-order valence-electron chi connectivity index (χ0n) is 9.03. The van der Waals surface area contributed by atoms with E-state index in [1.165, 1.54) is 25.7 Å². The zero-order valence-corrected chi connectivity index (χ0v) is 12.3. The van der Waals surface area contributed by atoms with Gasteiger partial charge in [-0.1, -0.05) is 8.64 Å². The summed E-state index contributed by atoms with van der Waals surface area (Å²) in [7, 11) is 0. The highest BCUT2D eigenvalue weighted by atomic mass is 32.1. The van der Waals surface area contributed by atoms with Crippen molar-refractivity contribution in [3.63, 3.8) is 0 Å². The molecule has 0 radical (unpaired) electrons. The molecule has 1 aliphatic carbocycles. The van der Waals surface area contributed by atoms with Gasteiger partial charge >= 0.3 is 0 Å². The van der Waals surface area contributed by atoms with Crippen molar-refractivity contribution in [2.75, 3.05) is 13.1 Å². The van der Waals surface area contributed by atoms with Crippen LogP contribution in [-0.4, -0.2) is 21.7 Å². The number of hydrogen-bond acceptors (Lipinski definition) is 4. The molecule has 92 valence electrons. The molecule has 1 fully saturated rings. The highest BCUT2D eigenvalue weighted by Crippen LogP contribution is 2.27. The fourth-order valence-corrected chi connectivity index (χ4v) is 2.43. The van der Waals surface area contributed by atoms with Gasteiger partial charge in [0.05, 0.1) is 0 Å². The van der Waals surface area contributed by atoms with Crippen LogP contribution in [0.1, 0.15) is 25.7 Å². The third kappa shape index (κ3) is 6.08. The van der Waals surface area contributed by atoms with E-state index in [1.807, 2.05) is 0 Å². The molecule has 0 amide bonds. The molecule has 16 heavy (non-hydrogen) atoms. The smallest absolute Gasteiger partial charge is 0.0160 e. The molecule has 1 rings (SSSR count). The molecule has 6 heteroatoms. The topological polar surface area (TPSA) is 24.1 Å². The second-order valence-corrected chi connectivity index (χ2v) is 6.37. The first-order valence-electron chi connectivity index (χ1n) is 5.47. The second-order valence-electron chi connectivity index (χ2n) is 4.22. The fraction of sp³-hybridized carbons (Fsp3) is 0.800. The van der Waals surface area contributed by atoms with Gasteiger partial charge in [0.15, 0.2) is 0 Å². The predicted octanol–water partition coefficient (Wildman–Crippen LogP) is 1.64. The Morgan fingerprint density at radius 3 is 1.44 bits per heavy atom. The van der Waals surface area contributed by atoms with Gasteiger partial charge in [0, 0.05) is 13.1 Å². The normalized spacial score (nSPS) is 24.8. The van der Waals surface area contributed by atoms with E-state index in [-0.39, 0.29) is 0 Å². The first kappa shape index (κ1) is 14.3. The maximum atomic E-state index is 4.83. The molecule has 0 aromatic carbocycles. The first-order chi connectivity index (χ1) is 7.58. The minimum absolute atomic E-state index is 0.486. The zero-order chi connectivity index (χ0) is 12.0. The van der Waals surface area contributed by atoms with E-state index in [0.29, 0.717) is 20.5 Å². The van der Waals surface area contributed by atoms with Crippen molar-refractivity contribution in [1.29, 1.82) is 0 Å². The van der Waals surface area contributed by atoms with E-state index in [1.54, 1.807) is 0 Å². The van der Waals surface area contributed by atoms with Gasteiger partial charge in [-0.25, -0.2) is 0 Å². The molecule has 0 spiro atoms. The molecule has 0 aromatic rings. The van der Waals surface area contributed by atoms with Crippen LogP contribution < -0.4 is 10.6 Å². The van der Waals surface area contributed by atoms with Crippen LogP contribution >= 0.6 is 24.4 Å². The van der Waals surface area contributed by atoms with E-state index < -0.39 is 0 Å². The SMILES string of the molecule is S=C([S-])NCC1CCC(CNC(=S)[S-])CC1.